The summed E-state index contributed by atoms with van der Waals surface area (Å²) in [4.78, 5) is 24.1. The molecule has 2 amide bonds. The third-order valence-electron chi connectivity index (χ3n) is 4.63. The van der Waals surface area contributed by atoms with Gasteiger partial charge in [-0.2, -0.15) is 5.10 Å². The Morgan fingerprint density at radius 3 is 2.42 bits per heavy atom. The van der Waals surface area contributed by atoms with Gasteiger partial charge in [0.2, 0.25) is 0 Å². The molecule has 0 aromatic heterocycles. The van der Waals surface area contributed by atoms with Crippen LogP contribution < -0.4 is 25.0 Å². The Balaban J connectivity index is 1.53. The van der Waals surface area contributed by atoms with Crippen LogP contribution >= 0.6 is 23.2 Å². The quantitative estimate of drug-likeness (QED) is 0.163. The average molecular weight is 528 g/mol. The first-order valence-electron chi connectivity index (χ1n) is 10.6. The van der Waals surface area contributed by atoms with Gasteiger partial charge in [-0.3, -0.25) is 9.59 Å². The lowest BCUT2D eigenvalue weighted by molar-refractivity contribution is -0.136. The van der Waals surface area contributed by atoms with Crippen LogP contribution in [0.2, 0.25) is 10.0 Å². The summed E-state index contributed by atoms with van der Waals surface area (Å²) in [5.74, 6) is -0.209. The number of anilines is 1. The highest BCUT2D eigenvalue weighted by atomic mass is 35.5. The molecule has 0 bridgehead atoms. The molecule has 0 saturated heterocycles. The highest BCUT2D eigenvalue weighted by molar-refractivity contribution is 6.42. The Morgan fingerprint density at radius 1 is 0.944 bits per heavy atom. The molecule has 186 valence electrons. The molecule has 0 unspecified atom stereocenters. The molecule has 3 aromatic carbocycles. The number of amides is 2. The second-order valence-corrected chi connectivity index (χ2v) is 8.04. The van der Waals surface area contributed by atoms with Gasteiger partial charge in [0.05, 0.1) is 23.4 Å². The smallest absolute Gasteiger partial charge is 0.329 e. The number of carbonyl (C=O) groups excluding carboxylic acids is 2. The molecule has 3 rings (SSSR count). The van der Waals surface area contributed by atoms with Gasteiger partial charge in [0.25, 0.3) is 0 Å². The summed E-state index contributed by atoms with van der Waals surface area (Å²) in [7, 11) is 1.51. The van der Waals surface area contributed by atoms with Gasteiger partial charge < -0.3 is 19.5 Å². The van der Waals surface area contributed by atoms with Crippen molar-refractivity contribution in [3.8, 4) is 17.2 Å². The van der Waals surface area contributed by atoms with E-state index in [4.69, 9.17) is 37.4 Å². The van der Waals surface area contributed by atoms with E-state index in [1.54, 1.807) is 60.7 Å². The van der Waals surface area contributed by atoms with Crippen LogP contribution in [-0.2, 0) is 16.2 Å². The van der Waals surface area contributed by atoms with E-state index in [9.17, 15) is 9.59 Å². The first-order valence-corrected chi connectivity index (χ1v) is 11.4. The van der Waals surface area contributed by atoms with Crippen molar-refractivity contribution in [2.45, 2.75) is 6.61 Å². The molecule has 36 heavy (non-hydrogen) atoms. The molecular weight excluding hydrogens is 505 g/mol. The molecule has 8 nitrogen and oxygen atoms in total. The highest BCUT2D eigenvalue weighted by Gasteiger charge is 2.13. The predicted octanol–water partition coefficient (Wildman–Crippen LogP) is 5.23. The monoisotopic (exact) mass is 527 g/mol. The number of benzene rings is 3. The third kappa shape index (κ3) is 7.76. The van der Waals surface area contributed by atoms with Gasteiger partial charge in [-0.25, -0.2) is 5.43 Å². The third-order valence-corrected chi connectivity index (χ3v) is 5.37. The van der Waals surface area contributed by atoms with Crippen molar-refractivity contribution in [3.05, 3.63) is 94.5 Å². The summed E-state index contributed by atoms with van der Waals surface area (Å²) in [5.41, 5.74) is 4.08. The molecule has 0 radical (unpaired) electrons. The molecular formula is C26H23Cl2N3O5. The van der Waals surface area contributed by atoms with Crippen LogP contribution in [0.25, 0.3) is 0 Å². The zero-order valence-electron chi connectivity index (χ0n) is 19.3. The number of rotatable bonds is 10. The Labute approximate surface area is 218 Å². The van der Waals surface area contributed by atoms with Crippen LogP contribution in [0.1, 0.15) is 11.1 Å². The van der Waals surface area contributed by atoms with Gasteiger partial charge in [-0.05, 0) is 65.7 Å². The molecule has 0 aliphatic carbocycles. The van der Waals surface area contributed by atoms with Crippen molar-refractivity contribution in [3.63, 3.8) is 0 Å². The number of methoxy groups -OCH3 is 1. The van der Waals surface area contributed by atoms with Gasteiger partial charge in [0.1, 0.15) is 19.0 Å². The molecule has 0 heterocycles. The molecule has 2 N–H and O–H groups in total. The molecule has 0 fully saturated rings. The van der Waals surface area contributed by atoms with Crippen LogP contribution in [0.4, 0.5) is 5.69 Å². The maximum absolute atomic E-state index is 12.1. The molecule has 0 saturated carbocycles. The van der Waals surface area contributed by atoms with Crippen molar-refractivity contribution in [2.75, 3.05) is 19.0 Å². The van der Waals surface area contributed by atoms with Crippen LogP contribution in [-0.4, -0.2) is 31.7 Å². The largest absolute Gasteiger partial charge is 0.493 e. The standard InChI is InChI=1S/C26H23Cl2N3O5/c1-3-12-35-20-8-6-19(7-9-20)30-25(32)26(33)31-29-15-17-5-11-23(24(14-17)34-2)36-16-18-4-10-21(27)22(28)13-18/h3-11,13-15H,1,12,16H2,2H3,(H,30,32)(H,31,33)/b29-15-. The van der Waals surface area contributed by atoms with E-state index in [-0.39, 0.29) is 6.61 Å². The summed E-state index contributed by atoms with van der Waals surface area (Å²) in [6, 6.07) is 16.9. The summed E-state index contributed by atoms with van der Waals surface area (Å²) in [6.07, 6.45) is 3.00. The molecule has 0 aliphatic rings. The van der Waals surface area contributed by atoms with E-state index in [0.717, 1.165) is 5.56 Å². The van der Waals surface area contributed by atoms with Crippen molar-refractivity contribution in [1.29, 1.82) is 0 Å². The number of nitrogens with one attached hydrogen (secondary N) is 2. The number of nitrogens with zero attached hydrogens (tertiary/aromatic N) is 1. The number of hydrazone groups is 1. The Morgan fingerprint density at radius 2 is 1.72 bits per heavy atom. The molecule has 0 aliphatic heterocycles. The first kappa shape index (κ1) is 26.6. The summed E-state index contributed by atoms with van der Waals surface area (Å²) in [5, 5.41) is 7.22. The lowest BCUT2D eigenvalue weighted by atomic mass is 10.2. The zero-order chi connectivity index (χ0) is 25.9. The normalized spacial score (nSPS) is 10.5. The maximum Gasteiger partial charge on any atom is 0.329 e. The lowest BCUT2D eigenvalue weighted by Crippen LogP contribution is -2.32. The predicted molar refractivity (Wildman–Crippen MR) is 140 cm³/mol. The van der Waals surface area contributed by atoms with Gasteiger partial charge in [-0.15, -0.1) is 0 Å². The minimum absolute atomic E-state index is 0.260. The van der Waals surface area contributed by atoms with Crippen LogP contribution in [0.15, 0.2) is 78.4 Å². The van der Waals surface area contributed by atoms with E-state index >= 15 is 0 Å². The fourth-order valence-electron chi connectivity index (χ4n) is 2.87. The topological polar surface area (TPSA) is 98.2 Å². The SMILES string of the molecule is C=CCOc1ccc(NC(=O)C(=O)N/N=C\c2ccc(OCc3ccc(Cl)c(Cl)c3)c(OC)c2)cc1. The van der Waals surface area contributed by atoms with Crippen LogP contribution in [0.5, 0.6) is 17.2 Å². The van der Waals surface area contributed by atoms with E-state index in [0.29, 0.717) is 45.2 Å². The Kier molecular flexibility index (Phi) is 9.73. The van der Waals surface area contributed by atoms with Crippen molar-refractivity contribution in [2.24, 2.45) is 5.10 Å². The van der Waals surface area contributed by atoms with Crippen LogP contribution in [0.3, 0.4) is 0 Å². The Bertz CT molecular complexity index is 1260. The van der Waals surface area contributed by atoms with E-state index in [1.165, 1.54) is 13.3 Å². The zero-order valence-corrected chi connectivity index (χ0v) is 20.8. The van der Waals surface area contributed by atoms with Gasteiger partial charge in [0, 0.05) is 5.69 Å². The van der Waals surface area contributed by atoms with E-state index in [1.807, 2.05) is 6.07 Å². The summed E-state index contributed by atoms with van der Waals surface area (Å²) < 4.78 is 16.6. The number of carbonyl (C=O) groups is 2. The number of hydrogen-bond donors (Lipinski definition) is 2. The summed E-state index contributed by atoms with van der Waals surface area (Å²) >= 11 is 12.0. The van der Waals surface area contributed by atoms with Crippen molar-refractivity contribution in [1.82, 2.24) is 5.43 Å². The van der Waals surface area contributed by atoms with E-state index < -0.39 is 11.8 Å². The summed E-state index contributed by atoms with van der Waals surface area (Å²) in [6.45, 7) is 4.20. The van der Waals surface area contributed by atoms with Gasteiger partial charge in [0.15, 0.2) is 11.5 Å². The molecule has 10 heteroatoms. The second kappa shape index (κ2) is 13.2. The second-order valence-electron chi connectivity index (χ2n) is 7.22. The number of ether oxygens (including phenoxy) is 3. The molecule has 3 aromatic rings. The van der Waals surface area contributed by atoms with Crippen LogP contribution in [0, 0.1) is 0 Å². The van der Waals surface area contributed by atoms with Crippen molar-refractivity contribution < 1.29 is 23.8 Å². The lowest BCUT2D eigenvalue weighted by Gasteiger charge is -2.11. The highest BCUT2D eigenvalue weighted by Crippen LogP contribution is 2.29. The maximum atomic E-state index is 12.1. The molecule has 0 spiro atoms. The Hall–Kier alpha value is -4.01. The van der Waals surface area contributed by atoms with Gasteiger partial charge >= 0.3 is 11.8 Å². The van der Waals surface area contributed by atoms with Crippen molar-refractivity contribution >= 4 is 46.9 Å². The fourth-order valence-corrected chi connectivity index (χ4v) is 3.19. The number of halogens is 2. The average Bonchev–Trinajstić information content (AvgIpc) is 2.89. The fraction of sp³-hybridized carbons (Fsp3) is 0.115. The number of hydrogen-bond acceptors (Lipinski definition) is 6. The minimum Gasteiger partial charge on any atom is -0.493 e. The first-order chi connectivity index (χ1) is 17.4. The minimum atomic E-state index is -0.924. The van der Waals surface area contributed by atoms with Gasteiger partial charge in [-0.1, -0.05) is 41.9 Å². The molecule has 0 atom stereocenters. The van der Waals surface area contributed by atoms with E-state index in [2.05, 4.69) is 22.4 Å².